The van der Waals surface area contributed by atoms with Crippen molar-refractivity contribution in [2.75, 3.05) is 23.3 Å². The van der Waals surface area contributed by atoms with Crippen LogP contribution in [0.5, 0.6) is 0 Å². The number of halogens is 2. The number of benzene rings is 2. The van der Waals surface area contributed by atoms with Crippen LogP contribution in [-0.2, 0) is 6.42 Å². The minimum Gasteiger partial charge on any atom is -0.478 e. The second-order valence-electron chi connectivity index (χ2n) is 8.47. The normalized spacial score (nSPS) is 16.1. The summed E-state index contributed by atoms with van der Waals surface area (Å²) in [4.78, 5) is 22.6. The van der Waals surface area contributed by atoms with Crippen molar-refractivity contribution in [3.63, 3.8) is 0 Å². The number of hydrogen-bond donors (Lipinski definition) is 2. The standard InChI is InChI=1S/C25H25F2N5O2/c1-3-16-12-18(15(2)29-19-7-5-4-6-17(19)24(33)34)22-20(13-16)30-21(14-28)23(31-22)32-10-8-25(26,27)9-11-32/h4-7,12-13,15,29H,3,8-11H2,1-2H3,(H,33,34)/t15-/m1/s1. The predicted octanol–water partition coefficient (Wildman–Crippen LogP) is 5.17. The summed E-state index contributed by atoms with van der Waals surface area (Å²) in [7, 11) is 0. The van der Waals surface area contributed by atoms with Gasteiger partial charge in [0.05, 0.1) is 22.6 Å². The molecule has 1 aliphatic heterocycles. The molecule has 0 amide bonds. The van der Waals surface area contributed by atoms with Gasteiger partial charge in [-0.25, -0.2) is 23.5 Å². The number of nitrogens with zero attached hydrogens (tertiary/aromatic N) is 4. The van der Waals surface area contributed by atoms with E-state index >= 15 is 0 Å². The zero-order chi connectivity index (χ0) is 24.5. The molecule has 0 bridgehead atoms. The summed E-state index contributed by atoms with van der Waals surface area (Å²) < 4.78 is 27.4. The number of rotatable bonds is 6. The topological polar surface area (TPSA) is 102 Å². The number of aryl methyl sites for hydroxylation is 1. The molecule has 0 aliphatic carbocycles. The number of carboxylic acids is 1. The van der Waals surface area contributed by atoms with Crippen LogP contribution in [0.1, 0.15) is 59.9 Å². The second-order valence-corrected chi connectivity index (χ2v) is 8.47. The molecule has 4 rings (SSSR count). The quantitative estimate of drug-likeness (QED) is 0.518. The van der Waals surface area contributed by atoms with E-state index in [0.717, 1.165) is 17.5 Å². The Morgan fingerprint density at radius 1 is 1.26 bits per heavy atom. The molecule has 176 valence electrons. The number of hydrogen-bond acceptors (Lipinski definition) is 6. The highest BCUT2D eigenvalue weighted by Gasteiger charge is 2.35. The average Bonchev–Trinajstić information content (AvgIpc) is 2.82. The van der Waals surface area contributed by atoms with Gasteiger partial charge in [0.1, 0.15) is 6.07 Å². The Hall–Kier alpha value is -3.80. The Bertz CT molecular complexity index is 1280. The third-order valence-electron chi connectivity index (χ3n) is 6.15. The van der Waals surface area contributed by atoms with Gasteiger partial charge in [0, 0.05) is 37.2 Å². The minimum atomic E-state index is -2.72. The molecule has 1 atom stereocenters. The van der Waals surface area contributed by atoms with Crippen molar-refractivity contribution in [3.8, 4) is 6.07 Å². The van der Waals surface area contributed by atoms with Crippen LogP contribution in [0.4, 0.5) is 20.3 Å². The molecule has 2 heterocycles. The molecule has 7 nitrogen and oxygen atoms in total. The van der Waals surface area contributed by atoms with Crippen molar-refractivity contribution < 1.29 is 18.7 Å². The maximum absolute atomic E-state index is 13.7. The van der Waals surface area contributed by atoms with Gasteiger partial charge in [0.2, 0.25) is 0 Å². The van der Waals surface area contributed by atoms with Crippen LogP contribution in [0.2, 0.25) is 0 Å². The molecule has 0 saturated carbocycles. The monoisotopic (exact) mass is 465 g/mol. The summed E-state index contributed by atoms with van der Waals surface area (Å²) in [6.45, 7) is 4.07. The lowest BCUT2D eigenvalue weighted by Crippen LogP contribution is -2.40. The molecule has 1 fully saturated rings. The highest BCUT2D eigenvalue weighted by molar-refractivity contribution is 5.94. The first-order valence-electron chi connectivity index (χ1n) is 11.2. The number of piperidine rings is 1. The summed E-state index contributed by atoms with van der Waals surface area (Å²) in [5.74, 6) is -3.45. The zero-order valence-electron chi connectivity index (χ0n) is 19.0. The number of fused-ring (bicyclic) bond motifs is 1. The summed E-state index contributed by atoms with van der Waals surface area (Å²) in [5, 5.41) is 22.5. The maximum atomic E-state index is 13.7. The second kappa shape index (κ2) is 9.21. The summed E-state index contributed by atoms with van der Waals surface area (Å²) in [5.41, 5.74) is 3.60. The van der Waals surface area contributed by atoms with Crippen molar-refractivity contribution in [1.29, 1.82) is 5.26 Å². The number of para-hydroxylation sites is 1. The number of anilines is 2. The summed E-state index contributed by atoms with van der Waals surface area (Å²) in [6.07, 6.45) is 0.125. The minimum absolute atomic E-state index is 0.0873. The van der Waals surface area contributed by atoms with Crippen molar-refractivity contribution in [2.45, 2.75) is 45.1 Å². The number of nitriles is 1. The largest absolute Gasteiger partial charge is 0.478 e. The van der Waals surface area contributed by atoms with Crippen LogP contribution < -0.4 is 10.2 Å². The van der Waals surface area contributed by atoms with E-state index in [2.05, 4.69) is 16.4 Å². The molecule has 0 spiro atoms. The van der Waals surface area contributed by atoms with Gasteiger partial charge in [-0.3, -0.25) is 0 Å². The fourth-order valence-corrected chi connectivity index (χ4v) is 4.22. The van der Waals surface area contributed by atoms with Gasteiger partial charge in [-0.15, -0.1) is 0 Å². The van der Waals surface area contributed by atoms with Crippen LogP contribution in [-0.4, -0.2) is 40.1 Å². The number of aromatic nitrogens is 2. The Labute approximate surface area is 196 Å². The predicted molar refractivity (Wildman–Crippen MR) is 125 cm³/mol. The zero-order valence-corrected chi connectivity index (χ0v) is 19.0. The number of nitrogens with one attached hydrogen (secondary N) is 1. The van der Waals surface area contributed by atoms with Crippen LogP contribution >= 0.6 is 0 Å². The van der Waals surface area contributed by atoms with Gasteiger partial charge in [-0.2, -0.15) is 5.26 Å². The Kier molecular flexibility index (Phi) is 6.33. The van der Waals surface area contributed by atoms with E-state index in [1.807, 2.05) is 26.0 Å². The lowest BCUT2D eigenvalue weighted by molar-refractivity contribution is -0.0221. The van der Waals surface area contributed by atoms with E-state index < -0.39 is 11.9 Å². The Balaban J connectivity index is 1.80. The van der Waals surface area contributed by atoms with Gasteiger partial charge in [0.25, 0.3) is 5.92 Å². The van der Waals surface area contributed by atoms with Crippen LogP contribution in [0.15, 0.2) is 36.4 Å². The molecule has 9 heteroatoms. The van der Waals surface area contributed by atoms with E-state index in [1.165, 1.54) is 6.07 Å². The number of carbonyl (C=O) groups is 1. The fraction of sp³-hybridized carbons (Fsp3) is 0.360. The van der Waals surface area contributed by atoms with E-state index in [4.69, 9.17) is 4.98 Å². The molecule has 0 unspecified atom stereocenters. The molecule has 3 aromatic rings. The first kappa shape index (κ1) is 23.4. The number of aromatic carboxylic acids is 1. The lowest BCUT2D eigenvalue weighted by Gasteiger charge is -2.33. The van der Waals surface area contributed by atoms with E-state index in [0.29, 0.717) is 22.5 Å². The van der Waals surface area contributed by atoms with Crippen LogP contribution in [0.25, 0.3) is 11.0 Å². The Morgan fingerprint density at radius 3 is 2.62 bits per heavy atom. The molecule has 1 aromatic heterocycles. The first-order valence-corrected chi connectivity index (χ1v) is 11.2. The molecule has 0 radical (unpaired) electrons. The Morgan fingerprint density at radius 2 is 1.97 bits per heavy atom. The number of alkyl halides is 2. The van der Waals surface area contributed by atoms with Crippen LogP contribution in [0.3, 0.4) is 0 Å². The van der Waals surface area contributed by atoms with Gasteiger partial charge in [-0.1, -0.05) is 25.1 Å². The van der Waals surface area contributed by atoms with Gasteiger partial charge >= 0.3 is 5.97 Å². The summed E-state index contributed by atoms with van der Waals surface area (Å²) >= 11 is 0. The van der Waals surface area contributed by atoms with Crippen molar-refractivity contribution in [3.05, 3.63) is 58.8 Å². The highest BCUT2D eigenvalue weighted by Crippen LogP contribution is 2.34. The first-order chi connectivity index (χ1) is 16.2. The summed E-state index contributed by atoms with van der Waals surface area (Å²) in [6, 6.07) is 12.2. The SMILES string of the molecule is CCc1cc([C@@H](C)Nc2ccccc2C(=O)O)c2nc(N3CCC(F)(F)CC3)c(C#N)nc2c1. The van der Waals surface area contributed by atoms with E-state index in [-0.39, 0.29) is 43.2 Å². The van der Waals surface area contributed by atoms with Crippen LogP contribution in [0, 0.1) is 11.3 Å². The van der Waals surface area contributed by atoms with Gasteiger partial charge in [0.15, 0.2) is 11.5 Å². The molecule has 34 heavy (non-hydrogen) atoms. The molecule has 2 N–H and O–H groups in total. The van der Waals surface area contributed by atoms with Crippen molar-refractivity contribution in [1.82, 2.24) is 9.97 Å². The van der Waals surface area contributed by atoms with Crippen molar-refractivity contribution >= 4 is 28.5 Å². The van der Waals surface area contributed by atoms with E-state index in [9.17, 15) is 23.9 Å². The maximum Gasteiger partial charge on any atom is 0.337 e. The molecule has 2 aromatic carbocycles. The van der Waals surface area contributed by atoms with Gasteiger partial charge < -0.3 is 15.3 Å². The highest BCUT2D eigenvalue weighted by atomic mass is 19.3. The van der Waals surface area contributed by atoms with Gasteiger partial charge in [-0.05, 0) is 37.1 Å². The molecular formula is C25H25F2N5O2. The van der Waals surface area contributed by atoms with Crippen molar-refractivity contribution in [2.24, 2.45) is 0 Å². The lowest BCUT2D eigenvalue weighted by atomic mass is 10.00. The third-order valence-corrected chi connectivity index (χ3v) is 6.15. The molecule has 1 aliphatic rings. The fourth-order valence-electron chi connectivity index (χ4n) is 4.22. The average molecular weight is 466 g/mol. The molecule has 1 saturated heterocycles. The smallest absolute Gasteiger partial charge is 0.337 e. The third kappa shape index (κ3) is 4.62. The van der Waals surface area contributed by atoms with E-state index in [1.54, 1.807) is 23.1 Å². The molecular weight excluding hydrogens is 440 g/mol. The number of carboxylic acid groups (broad SMARTS) is 1.